The lowest BCUT2D eigenvalue weighted by atomic mass is 10.1. The van der Waals surface area contributed by atoms with Gasteiger partial charge in [0.25, 0.3) is 0 Å². The van der Waals surface area contributed by atoms with Crippen LogP contribution in [0.3, 0.4) is 0 Å². The van der Waals surface area contributed by atoms with E-state index in [1.54, 1.807) is 6.33 Å². The normalized spacial score (nSPS) is 9.93. The van der Waals surface area contributed by atoms with Crippen LogP contribution in [0.25, 0.3) is 10.9 Å². The first-order valence-corrected chi connectivity index (χ1v) is 9.86. The molecule has 1 aromatic carbocycles. The van der Waals surface area contributed by atoms with E-state index in [9.17, 15) is 0 Å². The van der Waals surface area contributed by atoms with E-state index in [0.29, 0.717) is 0 Å². The number of aliphatic imine (C=N–C) groups is 1. The third kappa shape index (κ3) is 7.26. The molecule has 0 aliphatic carbocycles. The van der Waals surface area contributed by atoms with Gasteiger partial charge in [0, 0.05) is 29.1 Å². The third-order valence-electron chi connectivity index (χ3n) is 3.49. The molecule has 0 N–H and O–H groups in total. The van der Waals surface area contributed by atoms with E-state index in [1.807, 2.05) is 79.1 Å². The summed E-state index contributed by atoms with van der Waals surface area (Å²) in [5.74, 6) is 0. The standard InChI is InChI=1S/C10H9N.C7H7N3.3C2H6/c1-8-4-2-6-10-9(8)5-3-7-11-10;1-5-6-2-8-3-7(6)10-4-9-5;3*1-2/h2-7H,1H3;2,4H,3H2,1H3;3*1-2H3. The summed E-state index contributed by atoms with van der Waals surface area (Å²) in [5.41, 5.74) is 5.53. The number of pyridine rings is 1. The van der Waals surface area contributed by atoms with Gasteiger partial charge in [-0.2, -0.15) is 0 Å². The topological polar surface area (TPSA) is 51.0 Å². The smallest absolute Gasteiger partial charge is 0.116 e. The maximum Gasteiger partial charge on any atom is 0.116 e. The van der Waals surface area contributed by atoms with E-state index in [1.165, 1.54) is 10.9 Å². The van der Waals surface area contributed by atoms with Crippen LogP contribution in [0.4, 0.5) is 0 Å². The molecule has 1 aliphatic heterocycles. The summed E-state index contributed by atoms with van der Waals surface area (Å²) in [5, 5.41) is 1.25. The van der Waals surface area contributed by atoms with Crippen LogP contribution in [-0.4, -0.2) is 21.2 Å². The summed E-state index contributed by atoms with van der Waals surface area (Å²) in [4.78, 5) is 16.5. The van der Waals surface area contributed by atoms with Crippen molar-refractivity contribution in [1.29, 1.82) is 0 Å². The van der Waals surface area contributed by atoms with Crippen molar-refractivity contribution in [2.24, 2.45) is 4.99 Å². The molecule has 4 nitrogen and oxygen atoms in total. The van der Waals surface area contributed by atoms with Crippen LogP contribution in [0.1, 0.15) is 64.1 Å². The number of aromatic nitrogens is 3. The van der Waals surface area contributed by atoms with Crippen molar-refractivity contribution in [2.75, 3.05) is 0 Å². The highest BCUT2D eigenvalue weighted by Gasteiger charge is 2.09. The first kappa shape index (κ1) is 24.4. The van der Waals surface area contributed by atoms with Gasteiger partial charge in [0.1, 0.15) is 6.33 Å². The van der Waals surface area contributed by atoms with Gasteiger partial charge in [-0.25, -0.2) is 9.97 Å². The highest BCUT2D eigenvalue weighted by atomic mass is 14.9. The molecule has 146 valence electrons. The van der Waals surface area contributed by atoms with Gasteiger partial charge in [-0.3, -0.25) is 9.98 Å². The van der Waals surface area contributed by atoms with Crippen LogP contribution in [0.2, 0.25) is 0 Å². The Morgan fingerprint density at radius 1 is 0.778 bits per heavy atom. The fourth-order valence-electron chi connectivity index (χ4n) is 2.31. The minimum atomic E-state index is 0.721. The lowest BCUT2D eigenvalue weighted by Gasteiger charge is -1.97. The van der Waals surface area contributed by atoms with Crippen LogP contribution in [0.5, 0.6) is 0 Å². The largest absolute Gasteiger partial charge is 0.286 e. The van der Waals surface area contributed by atoms with Gasteiger partial charge in [0.05, 0.1) is 17.8 Å². The Morgan fingerprint density at radius 3 is 2.11 bits per heavy atom. The van der Waals surface area contributed by atoms with E-state index in [4.69, 9.17) is 0 Å². The lowest BCUT2D eigenvalue weighted by Crippen LogP contribution is -1.95. The SMILES string of the molecule is CC.CC.CC.Cc1cccc2ncccc12.Cc1ncnc2c1C=NC2. The molecular formula is C23H34N4. The molecule has 4 heteroatoms. The first-order valence-electron chi connectivity index (χ1n) is 9.86. The zero-order valence-electron chi connectivity index (χ0n) is 18.1. The molecule has 1 aliphatic rings. The molecule has 4 rings (SSSR count). The van der Waals surface area contributed by atoms with Gasteiger partial charge in [0.15, 0.2) is 0 Å². The van der Waals surface area contributed by atoms with Gasteiger partial charge >= 0.3 is 0 Å². The lowest BCUT2D eigenvalue weighted by molar-refractivity contribution is 0.975. The Hall–Kier alpha value is -2.62. The van der Waals surface area contributed by atoms with Crippen molar-refractivity contribution in [2.45, 2.75) is 61.9 Å². The Kier molecular flexibility index (Phi) is 13.1. The fourth-order valence-corrected chi connectivity index (χ4v) is 2.31. The van der Waals surface area contributed by atoms with E-state index in [0.717, 1.165) is 29.0 Å². The van der Waals surface area contributed by atoms with E-state index in [-0.39, 0.29) is 0 Å². The number of rotatable bonds is 0. The minimum Gasteiger partial charge on any atom is -0.286 e. The first-order chi connectivity index (χ1) is 13.3. The summed E-state index contributed by atoms with van der Waals surface area (Å²) in [6.45, 7) is 16.8. The molecule has 0 atom stereocenters. The Morgan fingerprint density at radius 2 is 1.48 bits per heavy atom. The van der Waals surface area contributed by atoms with Crippen LogP contribution in [-0.2, 0) is 6.54 Å². The van der Waals surface area contributed by atoms with E-state index < -0.39 is 0 Å². The average molecular weight is 367 g/mol. The Balaban J connectivity index is 0.000000394. The van der Waals surface area contributed by atoms with Crippen LogP contribution < -0.4 is 0 Å². The van der Waals surface area contributed by atoms with Crippen LogP contribution >= 0.6 is 0 Å². The summed E-state index contributed by atoms with van der Waals surface area (Å²) in [7, 11) is 0. The molecule has 0 spiro atoms. The highest BCUT2D eigenvalue weighted by molar-refractivity contribution is 5.84. The van der Waals surface area contributed by atoms with Crippen molar-refractivity contribution in [3.63, 3.8) is 0 Å². The summed E-state index contributed by atoms with van der Waals surface area (Å²) in [6, 6.07) is 10.2. The van der Waals surface area contributed by atoms with Gasteiger partial charge in [-0.1, -0.05) is 59.7 Å². The molecular weight excluding hydrogens is 332 g/mol. The average Bonchev–Trinajstić information content (AvgIpc) is 3.24. The molecule has 0 saturated carbocycles. The fraction of sp³-hybridized carbons (Fsp3) is 0.391. The van der Waals surface area contributed by atoms with Gasteiger partial charge in [0.2, 0.25) is 0 Å². The zero-order chi connectivity index (χ0) is 20.7. The second-order valence-electron chi connectivity index (χ2n) is 4.93. The number of benzene rings is 1. The summed E-state index contributed by atoms with van der Waals surface area (Å²) < 4.78 is 0. The van der Waals surface area contributed by atoms with Gasteiger partial charge in [-0.15, -0.1) is 0 Å². The molecule has 0 saturated heterocycles. The van der Waals surface area contributed by atoms with E-state index in [2.05, 4.69) is 39.0 Å². The monoisotopic (exact) mass is 366 g/mol. The molecule has 0 unspecified atom stereocenters. The van der Waals surface area contributed by atoms with Crippen molar-refractivity contribution in [1.82, 2.24) is 15.0 Å². The number of aryl methyl sites for hydroxylation is 2. The number of fused-ring (bicyclic) bond motifs is 2. The predicted octanol–water partition coefficient (Wildman–Crippen LogP) is 6.34. The molecule has 0 bridgehead atoms. The van der Waals surface area contributed by atoms with Gasteiger partial charge < -0.3 is 0 Å². The van der Waals surface area contributed by atoms with Crippen molar-refractivity contribution < 1.29 is 0 Å². The molecule has 27 heavy (non-hydrogen) atoms. The zero-order valence-corrected chi connectivity index (χ0v) is 18.1. The molecule has 0 fully saturated rings. The molecule has 0 radical (unpaired) electrons. The second-order valence-corrected chi connectivity index (χ2v) is 4.93. The van der Waals surface area contributed by atoms with Crippen molar-refractivity contribution >= 4 is 17.1 Å². The van der Waals surface area contributed by atoms with Crippen molar-refractivity contribution in [3.05, 3.63) is 65.4 Å². The van der Waals surface area contributed by atoms with Crippen LogP contribution in [0, 0.1) is 13.8 Å². The summed E-state index contributed by atoms with van der Waals surface area (Å²) in [6.07, 6.45) is 5.25. The van der Waals surface area contributed by atoms with Gasteiger partial charge in [-0.05, 0) is 31.5 Å². The number of nitrogens with zero attached hydrogens (tertiary/aromatic N) is 4. The maximum absolute atomic E-state index is 4.24. The summed E-state index contributed by atoms with van der Waals surface area (Å²) >= 11 is 0. The predicted molar refractivity (Wildman–Crippen MR) is 119 cm³/mol. The molecule has 3 heterocycles. The number of hydrogen-bond acceptors (Lipinski definition) is 4. The number of hydrogen-bond donors (Lipinski definition) is 0. The Labute approximate surface area is 164 Å². The quantitative estimate of drug-likeness (QED) is 0.466. The second kappa shape index (κ2) is 14.5. The Bertz CT molecular complexity index is 805. The molecule has 0 amide bonds. The maximum atomic E-state index is 4.24. The molecule has 3 aromatic rings. The molecule has 2 aromatic heterocycles. The van der Waals surface area contributed by atoms with E-state index >= 15 is 0 Å². The van der Waals surface area contributed by atoms with Crippen molar-refractivity contribution in [3.8, 4) is 0 Å². The minimum absolute atomic E-state index is 0.721. The van der Waals surface area contributed by atoms with Crippen LogP contribution in [0.15, 0.2) is 47.8 Å². The highest BCUT2D eigenvalue weighted by Crippen LogP contribution is 2.14. The third-order valence-corrected chi connectivity index (χ3v) is 3.49.